The Morgan fingerprint density at radius 2 is 1.93 bits per heavy atom. The van der Waals surface area contributed by atoms with Gasteiger partial charge in [-0.2, -0.15) is 0 Å². The highest BCUT2D eigenvalue weighted by atomic mass is 16.3. The number of aliphatic hydroxyl groups excluding tert-OH is 1. The van der Waals surface area contributed by atoms with Crippen molar-refractivity contribution in [1.29, 1.82) is 0 Å². The molecular weight excluding hydrogens is 178 g/mol. The van der Waals surface area contributed by atoms with Gasteiger partial charge in [-0.05, 0) is 25.8 Å². The highest BCUT2D eigenvalue weighted by Crippen LogP contribution is 2.04. The van der Waals surface area contributed by atoms with Gasteiger partial charge in [0.2, 0.25) is 5.95 Å². The molecule has 0 saturated carbocycles. The monoisotopic (exact) mass is 195 g/mol. The van der Waals surface area contributed by atoms with Crippen molar-refractivity contribution in [3.63, 3.8) is 0 Å². The van der Waals surface area contributed by atoms with E-state index in [0.29, 0.717) is 12.5 Å². The van der Waals surface area contributed by atoms with Gasteiger partial charge in [0, 0.05) is 24.5 Å². The summed E-state index contributed by atoms with van der Waals surface area (Å²) in [6.45, 7) is 6.72. The average molecular weight is 195 g/mol. The predicted molar refractivity (Wildman–Crippen MR) is 56.2 cm³/mol. The van der Waals surface area contributed by atoms with Crippen LogP contribution in [0.15, 0.2) is 6.07 Å². The molecule has 78 valence electrons. The lowest BCUT2D eigenvalue weighted by molar-refractivity contribution is 0.244. The van der Waals surface area contributed by atoms with Crippen molar-refractivity contribution in [3.8, 4) is 0 Å². The molecule has 4 nitrogen and oxygen atoms in total. The fourth-order valence-electron chi connectivity index (χ4n) is 1.14. The number of aryl methyl sites for hydroxylation is 2. The van der Waals surface area contributed by atoms with Gasteiger partial charge in [0.1, 0.15) is 0 Å². The lowest BCUT2D eigenvalue weighted by Crippen LogP contribution is -2.16. The Morgan fingerprint density at radius 1 is 1.36 bits per heavy atom. The van der Waals surface area contributed by atoms with Gasteiger partial charge >= 0.3 is 0 Å². The number of anilines is 1. The van der Waals surface area contributed by atoms with Crippen LogP contribution in [0.1, 0.15) is 18.3 Å². The van der Waals surface area contributed by atoms with Crippen LogP contribution < -0.4 is 5.32 Å². The smallest absolute Gasteiger partial charge is 0.223 e. The topological polar surface area (TPSA) is 58.0 Å². The average Bonchev–Trinajstić information content (AvgIpc) is 2.12. The van der Waals surface area contributed by atoms with Gasteiger partial charge in [0.05, 0.1) is 0 Å². The van der Waals surface area contributed by atoms with Crippen molar-refractivity contribution < 1.29 is 5.11 Å². The van der Waals surface area contributed by atoms with Crippen LogP contribution in [0.25, 0.3) is 0 Å². The number of rotatable bonds is 4. The highest BCUT2D eigenvalue weighted by Gasteiger charge is 2.02. The van der Waals surface area contributed by atoms with Gasteiger partial charge in [0.25, 0.3) is 0 Å². The number of nitrogens with one attached hydrogen (secondary N) is 1. The summed E-state index contributed by atoms with van der Waals surface area (Å²) < 4.78 is 0. The second kappa shape index (κ2) is 4.91. The maximum atomic E-state index is 8.84. The Balaban J connectivity index is 2.58. The van der Waals surface area contributed by atoms with E-state index in [9.17, 15) is 0 Å². The standard InChI is InChI=1S/C10H17N3O/c1-7(6-14)5-11-10-12-8(2)4-9(3)13-10/h4,7,14H,5-6H2,1-3H3,(H,11,12,13). The summed E-state index contributed by atoms with van der Waals surface area (Å²) in [7, 11) is 0. The third-order valence-corrected chi connectivity index (χ3v) is 1.90. The largest absolute Gasteiger partial charge is 0.396 e. The molecule has 0 aromatic carbocycles. The van der Waals surface area contributed by atoms with Gasteiger partial charge < -0.3 is 10.4 Å². The third-order valence-electron chi connectivity index (χ3n) is 1.90. The molecule has 0 saturated heterocycles. The first-order chi connectivity index (χ1) is 6.61. The van der Waals surface area contributed by atoms with E-state index < -0.39 is 0 Å². The van der Waals surface area contributed by atoms with Crippen molar-refractivity contribution in [1.82, 2.24) is 9.97 Å². The molecule has 0 fully saturated rings. The van der Waals surface area contributed by atoms with E-state index in [0.717, 1.165) is 11.4 Å². The van der Waals surface area contributed by atoms with Crippen LogP contribution >= 0.6 is 0 Å². The Kier molecular flexibility index (Phi) is 3.83. The molecule has 0 aliphatic heterocycles. The first-order valence-electron chi connectivity index (χ1n) is 4.79. The zero-order valence-corrected chi connectivity index (χ0v) is 8.91. The SMILES string of the molecule is Cc1cc(C)nc(NCC(C)CO)n1. The van der Waals surface area contributed by atoms with Gasteiger partial charge in [0.15, 0.2) is 0 Å². The number of aliphatic hydroxyl groups is 1. The van der Waals surface area contributed by atoms with Gasteiger partial charge in [-0.3, -0.25) is 0 Å². The van der Waals surface area contributed by atoms with Crippen LogP contribution in [0.2, 0.25) is 0 Å². The Hall–Kier alpha value is -1.16. The van der Waals surface area contributed by atoms with Crippen LogP contribution in [0, 0.1) is 19.8 Å². The second-order valence-corrected chi connectivity index (χ2v) is 3.64. The number of hydrogen-bond acceptors (Lipinski definition) is 4. The van der Waals surface area contributed by atoms with E-state index in [1.54, 1.807) is 0 Å². The molecule has 0 spiro atoms. The lowest BCUT2D eigenvalue weighted by Gasteiger charge is -2.10. The molecular formula is C10H17N3O. The molecule has 0 radical (unpaired) electrons. The molecule has 2 N–H and O–H groups in total. The van der Waals surface area contributed by atoms with Gasteiger partial charge in [-0.1, -0.05) is 6.92 Å². The van der Waals surface area contributed by atoms with Crippen molar-refractivity contribution >= 4 is 5.95 Å². The van der Waals surface area contributed by atoms with E-state index in [2.05, 4.69) is 15.3 Å². The van der Waals surface area contributed by atoms with Crippen LogP contribution in [-0.4, -0.2) is 28.2 Å². The fraction of sp³-hybridized carbons (Fsp3) is 0.600. The summed E-state index contributed by atoms with van der Waals surface area (Å²) in [5, 5.41) is 11.9. The third kappa shape index (κ3) is 3.30. The predicted octanol–water partition coefficient (Wildman–Crippen LogP) is 1.13. The maximum Gasteiger partial charge on any atom is 0.223 e. The summed E-state index contributed by atoms with van der Waals surface area (Å²) in [4.78, 5) is 8.47. The first kappa shape index (κ1) is 10.9. The summed E-state index contributed by atoms with van der Waals surface area (Å²) in [6, 6.07) is 1.93. The molecule has 1 aromatic rings. The molecule has 0 bridgehead atoms. The van der Waals surface area contributed by atoms with Crippen LogP contribution in [0.3, 0.4) is 0 Å². The molecule has 4 heteroatoms. The van der Waals surface area contributed by atoms with E-state index in [1.807, 2.05) is 26.8 Å². The van der Waals surface area contributed by atoms with Gasteiger partial charge in [-0.25, -0.2) is 9.97 Å². The molecule has 0 aliphatic rings. The molecule has 14 heavy (non-hydrogen) atoms. The Morgan fingerprint density at radius 3 is 2.43 bits per heavy atom. The molecule has 1 atom stereocenters. The Bertz CT molecular complexity index is 281. The van der Waals surface area contributed by atoms with E-state index in [-0.39, 0.29) is 12.5 Å². The van der Waals surface area contributed by atoms with E-state index in [1.165, 1.54) is 0 Å². The van der Waals surface area contributed by atoms with Crippen molar-refractivity contribution in [2.24, 2.45) is 5.92 Å². The minimum Gasteiger partial charge on any atom is -0.396 e. The Labute approximate surface area is 84.4 Å². The number of hydrogen-bond donors (Lipinski definition) is 2. The lowest BCUT2D eigenvalue weighted by atomic mass is 10.2. The second-order valence-electron chi connectivity index (χ2n) is 3.64. The molecule has 1 unspecified atom stereocenters. The molecule has 1 aromatic heterocycles. The highest BCUT2D eigenvalue weighted by molar-refractivity contribution is 5.27. The first-order valence-corrected chi connectivity index (χ1v) is 4.79. The van der Waals surface area contributed by atoms with Crippen molar-refractivity contribution in [2.75, 3.05) is 18.5 Å². The van der Waals surface area contributed by atoms with E-state index >= 15 is 0 Å². The zero-order chi connectivity index (χ0) is 10.6. The molecule has 1 heterocycles. The minimum atomic E-state index is 0.178. The van der Waals surface area contributed by atoms with E-state index in [4.69, 9.17) is 5.11 Å². The number of nitrogens with zero attached hydrogens (tertiary/aromatic N) is 2. The maximum absolute atomic E-state index is 8.84. The normalized spacial score (nSPS) is 12.6. The van der Waals surface area contributed by atoms with Crippen LogP contribution in [0.4, 0.5) is 5.95 Å². The zero-order valence-electron chi connectivity index (χ0n) is 8.91. The van der Waals surface area contributed by atoms with Crippen molar-refractivity contribution in [2.45, 2.75) is 20.8 Å². The van der Waals surface area contributed by atoms with Crippen LogP contribution in [-0.2, 0) is 0 Å². The van der Waals surface area contributed by atoms with Crippen LogP contribution in [0.5, 0.6) is 0 Å². The summed E-state index contributed by atoms with van der Waals surface area (Å²) in [5.74, 6) is 0.863. The minimum absolute atomic E-state index is 0.178. The molecule has 0 amide bonds. The molecule has 1 rings (SSSR count). The quantitative estimate of drug-likeness (QED) is 0.756. The summed E-state index contributed by atoms with van der Waals surface area (Å²) >= 11 is 0. The van der Waals surface area contributed by atoms with Gasteiger partial charge in [-0.15, -0.1) is 0 Å². The number of aromatic nitrogens is 2. The summed E-state index contributed by atoms with van der Waals surface area (Å²) in [6.07, 6.45) is 0. The fourth-order valence-corrected chi connectivity index (χ4v) is 1.14. The summed E-state index contributed by atoms with van der Waals surface area (Å²) in [5.41, 5.74) is 1.91. The molecule has 0 aliphatic carbocycles. The van der Waals surface area contributed by atoms with Crippen molar-refractivity contribution in [3.05, 3.63) is 17.5 Å².